The first kappa shape index (κ1) is 18.3. The van der Waals surface area contributed by atoms with Gasteiger partial charge in [-0.15, -0.1) is 22.7 Å². The number of amides is 1. The van der Waals surface area contributed by atoms with Gasteiger partial charge in [0.25, 0.3) is 5.91 Å². The smallest absolute Gasteiger partial charge is 0.274 e. The number of carbonyl (C=O) groups excluding carboxylic acids is 1. The zero-order chi connectivity index (χ0) is 18.9. The molecule has 5 heterocycles. The molecule has 0 atom stereocenters. The van der Waals surface area contributed by atoms with Crippen molar-refractivity contribution in [3.8, 4) is 0 Å². The second kappa shape index (κ2) is 7.97. The number of likely N-dealkylation sites (tertiary alicyclic amines) is 1. The molecular formula is C21H26N4OS2. The fraction of sp³-hybridized carbons (Fsp3) is 0.524. The molecule has 1 saturated heterocycles. The van der Waals surface area contributed by atoms with Crippen molar-refractivity contribution in [1.29, 1.82) is 0 Å². The van der Waals surface area contributed by atoms with Gasteiger partial charge in [0.05, 0.1) is 5.69 Å². The summed E-state index contributed by atoms with van der Waals surface area (Å²) >= 11 is 3.48. The lowest BCUT2D eigenvalue weighted by atomic mass is 10.1. The van der Waals surface area contributed by atoms with Crippen LogP contribution in [0.2, 0.25) is 0 Å². The molecule has 1 amide bonds. The molecule has 5 nitrogen and oxygen atoms in total. The Morgan fingerprint density at radius 2 is 1.86 bits per heavy atom. The molecule has 0 unspecified atom stereocenters. The lowest BCUT2D eigenvalue weighted by molar-refractivity contribution is 0.0734. The summed E-state index contributed by atoms with van der Waals surface area (Å²) < 4.78 is 2.13. The molecule has 0 bridgehead atoms. The molecule has 2 aliphatic heterocycles. The normalized spacial score (nSPS) is 18.8. The van der Waals surface area contributed by atoms with Crippen LogP contribution in [0.25, 0.3) is 4.96 Å². The molecule has 1 fully saturated rings. The van der Waals surface area contributed by atoms with Gasteiger partial charge in [-0.25, -0.2) is 4.98 Å². The summed E-state index contributed by atoms with van der Waals surface area (Å²) in [7, 11) is 0. The molecular weight excluding hydrogens is 388 g/mol. The van der Waals surface area contributed by atoms with E-state index in [2.05, 4.69) is 32.3 Å². The molecule has 0 spiro atoms. The Bertz CT molecular complexity index is 964. The van der Waals surface area contributed by atoms with E-state index in [0.717, 1.165) is 62.6 Å². The average Bonchev–Trinajstić information content (AvgIpc) is 3.38. The van der Waals surface area contributed by atoms with Gasteiger partial charge in [-0.1, -0.05) is 19.3 Å². The molecule has 0 N–H and O–H groups in total. The summed E-state index contributed by atoms with van der Waals surface area (Å²) in [6, 6.07) is 2.25. The lowest BCUT2D eigenvalue weighted by Gasteiger charge is -2.28. The number of rotatable bonds is 3. The zero-order valence-corrected chi connectivity index (χ0v) is 17.7. The quantitative estimate of drug-likeness (QED) is 0.637. The predicted octanol–water partition coefficient (Wildman–Crippen LogP) is 4.42. The van der Waals surface area contributed by atoms with Gasteiger partial charge in [0.1, 0.15) is 0 Å². The Balaban J connectivity index is 1.42. The van der Waals surface area contributed by atoms with Gasteiger partial charge in [-0.05, 0) is 36.3 Å². The van der Waals surface area contributed by atoms with E-state index in [1.54, 1.807) is 11.3 Å². The van der Waals surface area contributed by atoms with Crippen molar-refractivity contribution in [3.63, 3.8) is 0 Å². The van der Waals surface area contributed by atoms with Crippen LogP contribution >= 0.6 is 22.7 Å². The minimum atomic E-state index is 0.126. The van der Waals surface area contributed by atoms with E-state index in [0.29, 0.717) is 5.69 Å². The number of thiophene rings is 1. The maximum atomic E-state index is 13.4. The van der Waals surface area contributed by atoms with Crippen molar-refractivity contribution in [2.45, 2.75) is 51.6 Å². The van der Waals surface area contributed by atoms with E-state index in [-0.39, 0.29) is 5.91 Å². The van der Waals surface area contributed by atoms with Crippen molar-refractivity contribution in [1.82, 2.24) is 19.2 Å². The van der Waals surface area contributed by atoms with Gasteiger partial charge in [-0.2, -0.15) is 0 Å². The van der Waals surface area contributed by atoms with Crippen LogP contribution in [0.4, 0.5) is 0 Å². The van der Waals surface area contributed by atoms with Crippen LogP contribution in [0.5, 0.6) is 0 Å². The molecule has 148 valence electrons. The number of hydrogen-bond donors (Lipinski definition) is 0. The Hall–Kier alpha value is -1.70. The number of imidazole rings is 1. The summed E-state index contributed by atoms with van der Waals surface area (Å²) in [5, 5.41) is 4.25. The highest BCUT2D eigenvalue weighted by molar-refractivity contribution is 7.15. The van der Waals surface area contributed by atoms with Gasteiger partial charge in [0, 0.05) is 49.2 Å². The Morgan fingerprint density at radius 1 is 1.04 bits per heavy atom. The van der Waals surface area contributed by atoms with E-state index in [1.807, 2.05) is 16.2 Å². The van der Waals surface area contributed by atoms with Crippen LogP contribution in [-0.4, -0.2) is 44.7 Å². The van der Waals surface area contributed by atoms with Crippen LogP contribution < -0.4 is 0 Å². The molecule has 3 aromatic rings. The molecule has 2 aliphatic rings. The topological polar surface area (TPSA) is 40.9 Å². The molecule has 0 saturated carbocycles. The highest BCUT2D eigenvalue weighted by atomic mass is 32.1. The van der Waals surface area contributed by atoms with Crippen molar-refractivity contribution < 1.29 is 4.79 Å². The highest BCUT2D eigenvalue weighted by Gasteiger charge is 2.27. The minimum absolute atomic E-state index is 0.126. The largest absolute Gasteiger partial charge is 0.337 e. The summed E-state index contributed by atoms with van der Waals surface area (Å²) in [6.45, 7) is 4.52. The Labute approximate surface area is 173 Å². The van der Waals surface area contributed by atoms with Crippen LogP contribution in [0.1, 0.15) is 58.7 Å². The molecule has 0 aromatic carbocycles. The van der Waals surface area contributed by atoms with Crippen molar-refractivity contribution in [2.24, 2.45) is 0 Å². The number of nitrogens with zero attached hydrogens (tertiary/aromatic N) is 4. The van der Waals surface area contributed by atoms with Gasteiger partial charge >= 0.3 is 0 Å². The second-order valence-electron chi connectivity index (χ2n) is 7.85. The van der Waals surface area contributed by atoms with E-state index < -0.39 is 0 Å². The summed E-state index contributed by atoms with van der Waals surface area (Å²) in [4.78, 5) is 25.1. The predicted molar refractivity (Wildman–Crippen MR) is 114 cm³/mol. The van der Waals surface area contributed by atoms with E-state index in [4.69, 9.17) is 4.98 Å². The van der Waals surface area contributed by atoms with E-state index >= 15 is 0 Å². The third-order valence-corrected chi connectivity index (χ3v) is 7.75. The molecule has 0 aliphatic carbocycles. The monoisotopic (exact) mass is 414 g/mol. The maximum absolute atomic E-state index is 13.4. The number of hydrogen-bond acceptors (Lipinski definition) is 5. The average molecular weight is 415 g/mol. The summed E-state index contributed by atoms with van der Waals surface area (Å²) in [5.41, 5.74) is 3.17. The SMILES string of the molecule is O=C(c1nc2sccn2c1CN1CCc2sccc2C1)N1CCCCCCC1. The van der Waals surface area contributed by atoms with Gasteiger partial charge in [0.2, 0.25) is 0 Å². The van der Waals surface area contributed by atoms with E-state index in [9.17, 15) is 4.79 Å². The van der Waals surface area contributed by atoms with Crippen LogP contribution in [0.15, 0.2) is 23.0 Å². The van der Waals surface area contributed by atoms with Gasteiger partial charge < -0.3 is 4.90 Å². The fourth-order valence-corrected chi connectivity index (χ4v) is 6.03. The molecule has 5 rings (SSSR count). The third kappa shape index (κ3) is 3.51. The highest BCUT2D eigenvalue weighted by Crippen LogP contribution is 2.27. The van der Waals surface area contributed by atoms with Crippen molar-refractivity contribution in [3.05, 3.63) is 44.9 Å². The minimum Gasteiger partial charge on any atom is -0.337 e. The van der Waals surface area contributed by atoms with Gasteiger partial charge in [0.15, 0.2) is 10.7 Å². The molecule has 7 heteroatoms. The van der Waals surface area contributed by atoms with E-state index in [1.165, 1.54) is 29.7 Å². The second-order valence-corrected chi connectivity index (χ2v) is 9.73. The Morgan fingerprint density at radius 3 is 2.71 bits per heavy atom. The number of thiazole rings is 1. The number of aromatic nitrogens is 2. The molecule has 28 heavy (non-hydrogen) atoms. The standard InChI is InChI=1S/C21H26N4OS2/c26-20(24-8-4-2-1-3-5-9-24)19-17(25-11-13-28-21(25)22-19)15-23-10-6-18-16(14-23)7-12-27-18/h7,11-13H,1-6,8-10,14-15H2. The van der Waals surface area contributed by atoms with Crippen molar-refractivity contribution in [2.75, 3.05) is 19.6 Å². The first-order chi connectivity index (χ1) is 13.8. The first-order valence-corrected chi connectivity index (χ1v) is 12.1. The fourth-order valence-electron chi connectivity index (χ4n) is 4.41. The number of carbonyl (C=O) groups is 1. The molecule has 0 radical (unpaired) electrons. The van der Waals surface area contributed by atoms with Crippen molar-refractivity contribution >= 4 is 33.5 Å². The number of fused-ring (bicyclic) bond motifs is 2. The van der Waals surface area contributed by atoms with Gasteiger partial charge in [-0.3, -0.25) is 14.1 Å². The first-order valence-electron chi connectivity index (χ1n) is 10.3. The third-order valence-electron chi connectivity index (χ3n) is 5.97. The molecule has 3 aromatic heterocycles. The maximum Gasteiger partial charge on any atom is 0.274 e. The Kier molecular flexibility index (Phi) is 5.22. The van der Waals surface area contributed by atoms with Crippen LogP contribution in [0, 0.1) is 0 Å². The van der Waals surface area contributed by atoms with Crippen LogP contribution in [0.3, 0.4) is 0 Å². The lowest BCUT2D eigenvalue weighted by Crippen LogP contribution is -2.35. The van der Waals surface area contributed by atoms with Crippen LogP contribution in [-0.2, 0) is 19.5 Å². The summed E-state index contributed by atoms with van der Waals surface area (Å²) in [5.74, 6) is 0.126. The summed E-state index contributed by atoms with van der Waals surface area (Å²) in [6.07, 6.45) is 9.14. The zero-order valence-electron chi connectivity index (χ0n) is 16.1.